The van der Waals surface area contributed by atoms with Gasteiger partial charge in [-0.25, -0.2) is 0 Å². The fourth-order valence-electron chi connectivity index (χ4n) is 1.49. The number of pyridine rings is 1. The Morgan fingerprint density at radius 2 is 2.15 bits per heavy atom. The Bertz CT molecular complexity index is 690. The van der Waals surface area contributed by atoms with E-state index in [1.54, 1.807) is 0 Å². The molecule has 2 rings (SSSR count). The molecule has 1 aromatic carbocycles. The van der Waals surface area contributed by atoms with E-state index in [1.165, 1.54) is 36.7 Å². The molecule has 2 aromatic rings. The molecule has 0 aliphatic carbocycles. The van der Waals surface area contributed by atoms with E-state index in [4.69, 9.17) is 15.9 Å². The van der Waals surface area contributed by atoms with Crippen molar-refractivity contribution >= 4 is 27.5 Å². The van der Waals surface area contributed by atoms with E-state index in [9.17, 15) is 10.1 Å². The number of non-ortho nitro benzene ring substituents is 1. The second-order valence-corrected chi connectivity index (χ2v) is 4.61. The van der Waals surface area contributed by atoms with E-state index in [2.05, 4.69) is 20.9 Å². The van der Waals surface area contributed by atoms with E-state index >= 15 is 0 Å². The van der Waals surface area contributed by atoms with Crippen LogP contribution in [0.15, 0.2) is 41.1 Å². The molecule has 0 spiro atoms. The predicted molar refractivity (Wildman–Crippen MR) is 76.1 cm³/mol. The molecular formula is C12H9BrN4O3. The maximum Gasteiger partial charge on any atom is 0.273 e. The zero-order valence-corrected chi connectivity index (χ0v) is 11.6. The van der Waals surface area contributed by atoms with Gasteiger partial charge in [0.2, 0.25) is 0 Å². The lowest BCUT2D eigenvalue weighted by Gasteiger charge is -2.10. The number of halogens is 1. The van der Waals surface area contributed by atoms with Crippen molar-refractivity contribution in [1.82, 2.24) is 4.98 Å². The molecule has 0 aliphatic heterocycles. The van der Waals surface area contributed by atoms with Crippen molar-refractivity contribution in [3.05, 3.63) is 56.8 Å². The van der Waals surface area contributed by atoms with Crippen LogP contribution in [0.25, 0.3) is 0 Å². The van der Waals surface area contributed by atoms with Gasteiger partial charge in [-0.2, -0.15) is 0 Å². The minimum atomic E-state index is -0.519. The fourth-order valence-corrected chi connectivity index (χ4v) is 1.81. The maximum atomic E-state index is 10.8. The van der Waals surface area contributed by atoms with Crippen LogP contribution in [-0.2, 0) is 0 Å². The second kappa shape index (κ2) is 5.66. The molecule has 1 heterocycles. The van der Waals surface area contributed by atoms with E-state index in [-0.39, 0.29) is 23.0 Å². The van der Waals surface area contributed by atoms with Crippen LogP contribution in [0.2, 0.25) is 0 Å². The van der Waals surface area contributed by atoms with Crippen LogP contribution in [-0.4, -0.2) is 15.7 Å². The average molecular weight is 337 g/mol. The van der Waals surface area contributed by atoms with E-state index in [0.29, 0.717) is 10.0 Å². The minimum absolute atomic E-state index is 0.100. The first-order valence-electron chi connectivity index (χ1n) is 5.39. The lowest BCUT2D eigenvalue weighted by atomic mass is 10.2. The molecule has 3 N–H and O–H groups in total. The van der Waals surface area contributed by atoms with Gasteiger partial charge in [0.1, 0.15) is 11.6 Å². The van der Waals surface area contributed by atoms with Crippen molar-refractivity contribution in [1.29, 1.82) is 5.41 Å². The van der Waals surface area contributed by atoms with Crippen molar-refractivity contribution < 1.29 is 9.66 Å². The van der Waals surface area contributed by atoms with Crippen LogP contribution < -0.4 is 10.5 Å². The molecule has 0 radical (unpaired) electrons. The quantitative estimate of drug-likeness (QED) is 0.385. The summed E-state index contributed by atoms with van der Waals surface area (Å²) in [7, 11) is 0. The number of nitrogens with zero attached hydrogens (tertiary/aromatic N) is 2. The number of hydrogen-bond acceptors (Lipinski definition) is 5. The van der Waals surface area contributed by atoms with Crippen LogP contribution >= 0.6 is 15.9 Å². The highest BCUT2D eigenvalue weighted by Crippen LogP contribution is 2.33. The number of benzene rings is 1. The smallest absolute Gasteiger partial charge is 0.273 e. The highest BCUT2D eigenvalue weighted by molar-refractivity contribution is 9.10. The Morgan fingerprint density at radius 1 is 1.40 bits per heavy atom. The number of nitrogens with two attached hydrogens (primary N) is 1. The third kappa shape index (κ3) is 2.91. The number of ether oxygens (including phenoxy) is 1. The van der Waals surface area contributed by atoms with Gasteiger partial charge in [-0.1, -0.05) is 0 Å². The average Bonchev–Trinajstić information content (AvgIpc) is 2.41. The Balaban J connectivity index is 2.42. The first kappa shape index (κ1) is 13.9. The van der Waals surface area contributed by atoms with Gasteiger partial charge < -0.3 is 10.5 Å². The Labute approximate surface area is 122 Å². The van der Waals surface area contributed by atoms with Crippen molar-refractivity contribution in [3.8, 4) is 11.5 Å². The van der Waals surface area contributed by atoms with Gasteiger partial charge in [-0.15, -0.1) is 0 Å². The molecule has 102 valence electrons. The van der Waals surface area contributed by atoms with Crippen molar-refractivity contribution in [2.45, 2.75) is 0 Å². The molecule has 0 bridgehead atoms. The van der Waals surface area contributed by atoms with Gasteiger partial charge in [0.05, 0.1) is 27.2 Å². The van der Waals surface area contributed by atoms with Crippen molar-refractivity contribution in [2.24, 2.45) is 5.73 Å². The molecule has 0 saturated heterocycles. The number of aromatic nitrogens is 1. The standard InChI is InChI=1S/C12H9BrN4O3/c13-9-2-1-7(17(18)19)5-10(9)20-11-6-16-4-3-8(11)12(14)15/h1-6H,(H3,14,15). The third-order valence-corrected chi connectivity index (χ3v) is 3.08. The summed E-state index contributed by atoms with van der Waals surface area (Å²) in [6.07, 6.45) is 2.87. The molecule has 20 heavy (non-hydrogen) atoms. The topological polar surface area (TPSA) is 115 Å². The fraction of sp³-hybridized carbons (Fsp3) is 0. The van der Waals surface area contributed by atoms with Gasteiger partial charge >= 0.3 is 0 Å². The zero-order chi connectivity index (χ0) is 14.7. The zero-order valence-electron chi connectivity index (χ0n) is 10.0. The summed E-state index contributed by atoms with van der Waals surface area (Å²) in [5, 5.41) is 18.2. The monoisotopic (exact) mass is 336 g/mol. The van der Waals surface area contributed by atoms with E-state index in [0.717, 1.165) is 0 Å². The molecule has 0 saturated carbocycles. The summed E-state index contributed by atoms with van der Waals surface area (Å²) >= 11 is 3.25. The minimum Gasteiger partial charge on any atom is -0.454 e. The lowest BCUT2D eigenvalue weighted by molar-refractivity contribution is -0.384. The summed E-state index contributed by atoms with van der Waals surface area (Å²) in [6, 6.07) is 5.67. The highest BCUT2D eigenvalue weighted by Gasteiger charge is 2.14. The number of hydrogen-bond donors (Lipinski definition) is 2. The number of nitro groups is 1. The molecular weight excluding hydrogens is 328 g/mol. The molecule has 0 amide bonds. The Morgan fingerprint density at radius 3 is 2.80 bits per heavy atom. The summed E-state index contributed by atoms with van der Waals surface area (Å²) < 4.78 is 6.10. The first-order chi connectivity index (χ1) is 9.49. The van der Waals surface area contributed by atoms with E-state index in [1.807, 2.05) is 0 Å². The van der Waals surface area contributed by atoms with Gasteiger partial charge in [0.25, 0.3) is 5.69 Å². The van der Waals surface area contributed by atoms with Crippen LogP contribution in [0, 0.1) is 15.5 Å². The van der Waals surface area contributed by atoms with Crippen LogP contribution in [0.3, 0.4) is 0 Å². The number of nitrogen functional groups attached to an aromatic ring is 1. The molecule has 1 aromatic heterocycles. The van der Waals surface area contributed by atoms with Crippen LogP contribution in [0.1, 0.15) is 5.56 Å². The van der Waals surface area contributed by atoms with Gasteiger partial charge in [-0.05, 0) is 28.1 Å². The van der Waals surface area contributed by atoms with Crippen molar-refractivity contribution in [2.75, 3.05) is 0 Å². The summed E-state index contributed by atoms with van der Waals surface area (Å²) in [5.41, 5.74) is 5.70. The molecule has 8 heteroatoms. The van der Waals surface area contributed by atoms with Crippen LogP contribution in [0.4, 0.5) is 5.69 Å². The number of amidine groups is 1. The van der Waals surface area contributed by atoms with Gasteiger partial charge in [0.15, 0.2) is 5.75 Å². The summed E-state index contributed by atoms with van der Waals surface area (Å²) in [4.78, 5) is 14.1. The highest BCUT2D eigenvalue weighted by atomic mass is 79.9. The normalized spacial score (nSPS) is 10.1. The predicted octanol–water partition coefficient (Wildman–Crippen LogP) is 2.83. The Kier molecular flexibility index (Phi) is 3.94. The largest absolute Gasteiger partial charge is 0.454 e. The number of rotatable bonds is 4. The number of nitro benzene ring substituents is 1. The second-order valence-electron chi connectivity index (χ2n) is 3.76. The molecule has 0 fully saturated rings. The molecule has 0 atom stereocenters. The first-order valence-corrected chi connectivity index (χ1v) is 6.18. The SMILES string of the molecule is N=C(N)c1ccncc1Oc1cc([N+](=O)[O-])ccc1Br. The maximum absolute atomic E-state index is 10.8. The van der Waals surface area contributed by atoms with E-state index < -0.39 is 4.92 Å². The third-order valence-electron chi connectivity index (χ3n) is 2.42. The summed E-state index contributed by atoms with van der Waals surface area (Å²) in [6.45, 7) is 0. The van der Waals surface area contributed by atoms with Gasteiger partial charge in [0, 0.05) is 12.3 Å². The molecule has 0 aliphatic rings. The molecule has 0 unspecified atom stereocenters. The van der Waals surface area contributed by atoms with Crippen LogP contribution in [0.5, 0.6) is 11.5 Å². The number of nitrogens with one attached hydrogen (secondary N) is 1. The van der Waals surface area contributed by atoms with Crippen molar-refractivity contribution in [3.63, 3.8) is 0 Å². The van der Waals surface area contributed by atoms with Gasteiger partial charge in [-0.3, -0.25) is 20.5 Å². The summed E-state index contributed by atoms with van der Waals surface area (Å²) in [5.74, 6) is 0.319. The lowest BCUT2D eigenvalue weighted by Crippen LogP contribution is -2.12. The Hall–Kier alpha value is -2.48. The molecule has 7 nitrogen and oxygen atoms in total.